The van der Waals surface area contributed by atoms with Crippen LogP contribution in [0.25, 0.3) is 22.0 Å². The summed E-state index contributed by atoms with van der Waals surface area (Å²) >= 11 is 0. The van der Waals surface area contributed by atoms with Crippen LogP contribution in [0.4, 0.5) is 0 Å². The number of hydrogen-bond acceptors (Lipinski definition) is 0. The van der Waals surface area contributed by atoms with E-state index in [1.807, 2.05) is 0 Å². The molecule has 0 spiro atoms. The summed E-state index contributed by atoms with van der Waals surface area (Å²) in [5.41, 5.74) is 3.79. The normalized spacial score (nSPS) is 11.3. The third-order valence-electron chi connectivity index (χ3n) is 3.44. The van der Waals surface area contributed by atoms with E-state index in [4.69, 9.17) is 0 Å². The Kier molecular flexibility index (Phi) is 3.12. The molecular weight excluding hydrogens is 230 g/mol. The van der Waals surface area contributed by atoms with Crippen molar-refractivity contribution in [2.45, 2.75) is 20.3 Å². The smallest absolute Gasteiger partial charge is 0.0456 e. The topological polar surface area (TPSA) is 15.8 Å². The van der Waals surface area contributed by atoms with Gasteiger partial charge in [-0.05, 0) is 46.9 Å². The van der Waals surface area contributed by atoms with Crippen molar-refractivity contribution in [3.05, 3.63) is 60.3 Å². The van der Waals surface area contributed by atoms with Crippen LogP contribution in [0.1, 0.15) is 19.5 Å². The van der Waals surface area contributed by atoms with Gasteiger partial charge in [-0.25, -0.2) is 0 Å². The van der Waals surface area contributed by atoms with Gasteiger partial charge in [0, 0.05) is 11.4 Å². The summed E-state index contributed by atoms with van der Waals surface area (Å²) in [6.45, 7) is 4.49. The number of nitrogens with one attached hydrogen (secondary N) is 1. The Morgan fingerprint density at radius 3 is 2.47 bits per heavy atom. The minimum atomic E-state index is 0.683. The summed E-state index contributed by atoms with van der Waals surface area (Å²) in [4.78, 5) is 3.53. The zero-order chi connectivity index (χ0) is 13.2. The number of fused-ring (bicyclic) bond motifs is 1. The molecule has 19 heavy (non-hydrogen) atoms. The van der Waals surface area contributed by atoms with Crippen molar-refractivity contribution in [1.82, 2.24) is 4.98 Å². The number of hydrogen-bond donors (Lipinski definition) is 1. The van der Waals surface area contributed by atoms with Crippen LogP contribution in [0.2, 0.25) is 0 Å². The third kappa shape index (κ3) is 2.55. The van der Waals surface area contributed by atoms with Gasteiger partial charge in [0.2, 0.25) is 0 Å². The Morgan fingerprint density at radius 2 is 1.68 bits per heavy atom. The maximum Gasteiger partial charge on any atom is 0.0456 e. The summed E-state index contributed by atoms with van der Waals surface area (Å²) in [6, 6.07) is 19.5. The molecule has 0 bridgehead atoms. The predicted molar refractivity (Wildman–Crippen MR) is 82.3 cm³/mol. The van der Waals surface area contributed by atoms with E-state index in [-0.39, 0.29) is 0 Å². The van der Waals surface area contributed by atoms with Gasteiger partial charge in [0.25, 0.3) is 0 Å². The van der Waals surface area contributed by atoms with Gasteiger partial charge in [0.05, 0.1) is 0 Å². The first-order chi connectivity index (χ1) is 9.22. The molecule has 1 N–H and O–H groups in total. The zero-order valence-corrected chi connectivity index (χ0v) is 11.5. The van der Waals surface area contributed by atoms with E-state index in [1.54, 1.807) is 0 Å². The lowest BCUT2D eigenvalue weighted by Crippen LogP contribution is -1.93. The summed E-state index contributed by atoms with van der Waals surface area (Å²) in [7, 11) is 0. The van der Waals surface area contributed by atoms with Gasteiger partial charge in [-0.3, -0.25) is 0 Å². The molecule has 1 heteroatoms. The molecular formula is C18H19N. The van der Waals surface area contributed by atoms with Crippen LogP contribution in [-0.4, -0.2) is 4.98 Å². The van der Waals surface area contributed by atoms with Gasteiger partial charge in [0.1, 0.15) is 0 Å². The molecule has 3 rings (SSSR count). The Morgan fingerprint density at radius 1 is 0.895 bits per heavy atom. The van der Waals surface area contributed by atoms with Crippen molar-refractivity contribution in [3.8, 4) is 11.3 Å². The van der Waals surface area contributed by atoms with Crippen molar-refractivity contribution in [2.75, 3.05) is 0 Å². The molecule has 1 aromatic heterocycles. The molecule has 0 atom stereocenters. The molecule has 0 saturated heterocycles. The van der Waals surface area contributed by atoms with E-state index in [9.17, 15) is 0 Å². The second-order valence-electron chi connectivity index (χ2n) is 5.56. The maximum absolute atomic E-state index is 3.53. The average Bonchev–Trinajstić information content (AvgIpc) is 2.86. The minimum Gasteiger partial charge on any atom is -0.358 e. The van der Waals surface area contributed by atoms with Crippen molar-refractivity contribution >= 4 is 10.8 Å². The van der Waals surface area contributed by atoms with Gasteiger partial charge in [-0.2, -0.15) is 0 Å². The summed E-state index contributed by atoms with van der Waals surface area (Å²) in [6.07, 6.45) is 1.10. The summed E-state index contributed by atoms with van der Waals surface area (Å²) in [5.74, 6) is 0.683. The third-order valence-corrected chi connectivity index (χ3v) is 3.44. The van der Waals surface area contributed by atoms with Crippen LogP contribution in [0.3, 0.4) is 0 Å². The zero-order valence-electron chi connectivity index (χ0n) is 11.5. The number of rotatable bonds is 3. The summed E-state index contributed by atoms with van der Waals surface area (Å²) < 4.78 is 0. The van der Waals surface area contributed by atoms with Gasteiger partial charge in [-0.1, -0.05) is 50.2 Å². The first kappa shape index (κ1) is 12.0. The number of aromatic nitrogens is 1. The molecule has 0 fully saturated rings. The van der Waals surface area contributed by atoms with Crippen molar-refractivity contribution in [2.24, 2.45) is 5.92 Å². The van der Waals surface area contributed by atoms with E-state index < -0.39 is 0 Å². The molecule has 0 unspecified atom stereocenters. The SMILES string of the molecule is CC(C)Cc1ccc(-c2ccc3ccccc3c2)[nH]1. The van der Waals surface area contributed by atoms with Crippen molar-refractivity contribution < 1.29 is 0 Å². The maximum atomic E-state index is 3.53. The van der Waals surface area contributed by atoms with Gasteiger partial charge >= 0.3 is 0 Å². The highest BCUT2D eigenvalue weighted by atomic mass is 14.7. The molecule has 0 saturated carbocycles. The fourth-order valence-corrected chi connectivity index (χ4v) is 2.52. The molecule has 96 valence electrons. The van der Waals surface area contributed by atoms with Crippen LogP contribution in [-0.2, 0) is 6.42 Å². The number of H-pyrrole nitrogens is 1. The lowest BCUT2D eigenvalue weighted by molar-refractivity contribution is 0.638. The largest absolute Gasteiger partial charge is 0.358 e. The Labute approximate surface area is 114 Å². The predicted octanol–water partition coefficient (Wildman–Crippen LogP) is 5.03. The van der Waals surface area contributed by atoms with E-state index in [0.29, 0.717) is 5.92 Å². The fraction of sp³-hybridized carbons (Fsp3) is 0.222. The number of benzene rings is 2. The highest BCUT2D eigenvalue weighted by Crippen LogP contribution is 2.24. The van der Waals surface area contributed by atoms with Crippen LogP contribution >= 0.6 is 0 Å². The number of aromatic amines is 1. The molecule has 1 nitrogen and oxygen atoms in total. The fourth-order valence-electron chi connectivity index (χ4n) is 2.52. The standard InChI is InChI=1S/C18H19N/c1-13(2)11-17-9-10-18(19-17)16-8-7-14-5-3-4-6-15(14)12-16/h3-10,12-13,19H,11H2,1-2H3. The molecule has 1 heterocycles. The summed E-state index contributed by atoms with van der Waals surface area (Å²) in [5, 5.41) is 2.58. The first-order valence-electron chi connectivity index (χ1n) is 6.89. The van der Waals surface area contributed by atoms with Crippen LogP contribution < -0.4 is 0 Å². The second-order valence-corrected chi connectivity index (χ2v) is 5.56. The van der Waals surface area contributed by atoms with Crippen LogP contribution in [0, 0.1) is 5.92 Å². The molecule has 2 aromatic carbocycles. The van der Waals surface area contributed by atoms with Crippen LogP contribution in [0.5, 0.6) is 0 Å². The molecule has 0 aliphatic rings. The van der Waals surface area contributed by atoms with Crippen molar-refractivity contribution in [3.63, 3.8) is 0 Å². The lowest BCUT2D eigenvalue weighted by atomic mass is 10.1. The quantitative estimate of drug-likeness (QED) is 0.669. The first-order valence-corrected chi connectivity index (χ1v) is 6.89. The highest BCUT2D eigenvalue weighted by molar-refractivity contribution is 5.86. The highest BCUT2D eigenvalue weighted by Gasteiger charge is 2.04. The average molecular weight is 249 g/mol. The minimum absolute atomic E-state index is 0.683. The molecule has 0 radical (unpaired) electrons. The van der Waals surface area contributed by atoms with E-state index in [2.05, 4.69) is 73.4 Å². The Balaban J connectivity index is 1.97. The van der Waals surface area contributed by atoms with Gasteiger partial charge < -0.3 is 4.98 Å². The van der Waals surface area contributed by atoms with E-state index >= 15 is 0 Å². The molecule has 3 aromatic rings. The Bertz CT molecular complexity index is 691. The molecule has 0 aliphatic carbocycles. The molecule has 0 aliphatic heterocycles. The monoisotopic (exact) mass is 249 g/mol. The van der Waals surface area contributed by atoms with Gasteiger partial charge in [0.15, 0.2) is 0 Å². The van der Waals surface area contributed by atoms with E-state index in [0.717, 1.165) is 6.42 Å². The second kappa shape index (κ2) is 4.93. The van der Waals surface area contributed by atoms with Crippen LogP contribution in [0.15, 0.2) is 54.6 Å². The van der Waals surface area contributed by atoms with E-state index in [1.165, 1.54) is 27.7 Å². The Hall–Kier alpha value is -2.02. The van der Waals surface area contributed by atoms with Gasteiger partial charge in [-0.15, -0.1) is 0 Å². The van der Waals surface area contributed by atoms with Crippen molar-refractivity contribution in [1.29, 1.82) is 0 Å². The lowest BCUT2D eigenvalue weighted by Gasteiger charge is -2.03. The molecule has 0 amide bonds.